The molecule has 0 aliphatic carbocycles. The van der Waals surface area contributed by atoms with Gasteiger partial charge in [-0.2, -0.15) is 0 Å². The summed E-state index contributed by atoms with van der Waals surface area (Å²) in [5, 5.41) is 16.1. The first-order chi connectivity index (χ1) is 23.8. The van der Waals surface area contributed by atoms with Crippen LogP contribution in [0.3, 0.4) is 0 Å². The highest BCUT2D eigenvalue weighted by atomic mass is 32.1. The Kier molecular flexibility index (Phi) is 8.92. The van der Waals surface area contributed by atoms with E-state index in [1.165, 1.54) is 30.6 Å². The first-order valence-electron chi connectivity index (χ1n) is 15.6. The number of thiazole rings is 1. The number of hydrogen-bond acceptors (Lipinski definition) is 15. The number of nitrogens with one attached hydrogen (secondary N) is 1. The van der Waals surface area contributed by atoms with Crippen molar-refractivity contribution < 1.29 is 23.8 Å². The summed E-state index contributed by atoms with van der Waals surface area (Å²) in [4.78, 5) is 62.0. The number of rotatable bonds is 8. The van der Waals surface area contributed by atoms with Crippen LogP contribution in [0.15, 0.2) is 64.6 Å². The lowest BCUT2D eigenvalue weighted by molar-refractivity contribution is -0.140. The Morgan fingerprint density at radius 1 is 1.04 bits per heavy atom. The topological polar surface area (TPSA) is 175 Å². The summed E-state index contributed by atoms with van der Waals surface area (Å²) < 4.78 is 20.2. The monoisotopic (exact) mass is 685 g/mol. The zero-order valence-electron chi connectivity index (χ0n) is 26.7. The standard InChI is InChI=1S/C32H32FN11O4S/c1-18-20-14-37-28(27-34-5-3-6-35-27)39-22(20)4-8-43(18)25-12-19(33)13-26(41-25)44-10-9-42(17-24(44)31(45)46)16-23-21(32(47)48-2)15-38-29(40-23)30-36-7-11-49-30/h3,5-7,11-14,18,24H,4,8-10,15-17H2,1-2H3,(H,38,40)(H,45,46). The molecule has 2 N–H and O–H groups in total. The summed E-state index contributed by atoms with van der Waals surface area (Å²) in [5.74, 6) is -0.0670. The van der Waals surface area contributed by atoms with E-state index in [1.54, 1.807) is 35.8 Å². The number of ether oxygens (including phenoxy) is 1. The van der Waals surface area contributed by atoms with Crippen molar-refractivity contribution in [2.24, 2.45) is 4.99 Å². The minimum Gasteiger partial charge on any atom is -0.480 e. The summed E-state index contributed by atoms with van der Waals surface area (Å²) in [6.07, 6.45) is 7.26. The van der Waals surface area contributed by atoms with E-state index in [4.69, 9.17) is 14.7 Å². The highest BCUT2D eigenvalue weighted by Gasteiger charge is 2.36. The van der Waals surface area contributed by atoms with Gasteiger partial charge in [0.2, 0.25) is 0 Å². The molecule has 0 bridgehead atoms. The van der Waals surface area contributed by atoms with E-state index >= 15 is 4.39 Å². The molecule has 17 heteroatoms. The van der Waals surface area contributed by atoms with Gasteiger partial charge in [0.05, 0.1) is 31.0 Å². The van der Waals surface area contributed by atoms with Crippen LogP contribution in [-0.2, 0) is 20.7 Å². The van der Waals surface area contributed by atoms with Crippen molar-refractivity contribution >= 4 is 40.7 Å². The number of methoxy groups -OCH3 is 1. The SMILES string of the molecule is COC(=O)C1=C(CN2CCN(c3cc(F)cc(N4CCc5nc(-c6ncccn6)ncc5C4C)n3)C(C(=O)O)C2)NC(c2nccs2)=NC1. The van der Waals surface area contributed by atoms with Gasteiger partial charge in [-0.05, 0) is 13.0 Å². The number of aliphatic carboxylic acids is 1. The Balaban J connectivity index is 1.09. The van der Waals surface area contributed by atoms with E-state index in [9.17, 15) is 14.7 Å². The minimum atomic E-state index is -1.07. The van der Waals surface area contributed by atoms with E-state index in [0.717, 1.165) is 11.3 Å². The van der Waals surface area contributed by atoms with Crippen molar-refractivity contribution in [3.8, 4) is 11.6 Å². The summed E-state index contributed by atoms with van der Waals surface area (Å²) in [7, 11) is 1.31. The van der Waals surface area contributed by atoms with Gasteiger partial charge in [0.15, 0.2) is 22.5 Å². The maximum atomic E-state index is 15.3. The molecular weight excluding hydrogens is 653 g/mol. The average Bonchev–Trinajstić information content (AvgIpc) is 3.67. The molecule has 2 atom stereocenters. The molecule has 7 rings (SSSR count). The van der Waals surface area contributed by atoms with Gasteiger partial charge in [-0.1, -0.05) is 0 Å². The summed E-state index contributed by atoms with van der Waals surface area (Å²) >= 11 is 1.41. The van der Waals surface area contributed by atoms with Gasteiger partial charge < -0.3 is 25.0 Å². The number of carbonyl (C=O) groups excluding carboxylic acids is 1. The van der Waals surface area contributed by atoms with Crippen LogP contribution in [0.4, 0.5) is 16.0 Å². The quantitative estimate of drug-likeness (QED) is 0.258. The number of aliphatic imine (C=N–C) groups is 1. The van der Waals surface area contributed by atoms with E-state index < -0.39 is 23.8 Å². The van der Waals surface area contributed by atoms with Crippen LogP contribution in [0.25, 0.3) is 11.6 Å². The van der Waals surface area contributed by atoms with Crippen LogP contribution < -0.4 is 15.1 Å². The number of fused-ring (bicyclic) bond motifs is 1. The van der Waals surface area contributed by atoms with Crippen molar-refractivity contribution in [1.82, 2.24) is 40.1 Å². The Labute approximate surface area is 284 Å². The fraction of sp³-hybridized carbons (Fsp3) is 0.344. The highest BCUT2D eigenvalue weighted by molar-refractivity contribution is 7.11. The van der Waals surface area contributed by atoms with Crippen molar-refractivity contribution in [2.75, 3.05) is 56.2 Å². The first-order valence-corrected chi connectivity index (χ1v) is 16.5. The van der Waals surface area contributed by atoms with Crippen LogP contribution in [-0.4, -0.2) is 110 Å². The summed E-state index contributed by atoms with van der Waals surface area (Å²) in [5.41, 5.74) is 2.68. The minimum absolute atomic E-state index is 0.102. The van der Waals surface area contributed by atoms with Crippen LogP contribution in [0.5, 0.6) is 0 Å². The van der Waals surface area contributed by atoms with Crippen molar-refractivity contribution in [3.63, 3.8) is 0 Å². The molecule has 0 saturated carbocycles. The van der Waals surface area contributed by atoms with Crippen LogP contribution in [0, 0.1) is 5.82 Å². The molecule has 15 nitrogen and oxygen atoms in total. The third-order valence-corrected chi connectivity index (χ3v) is 9.53. The zero-order chi connectivity index (χ0) is 34.1. The van der Waals surface area contributed by atoms with Crippen molar-refractivity contribution in [3.05, 3.63) is 81.7 Å². The molecule has 2 unspecified atom stereocenters. The van der Waals surface area contributed by atoms with Gasteiger partial charge in [0, 0.05) is 92.7 Å². The number of carbonyl (C=O) groups is 2. The molecule has 3 aliphatic rings. The molecule has 7 heterocycles. The molecular formula is C32H32FN11O4S. The number of anilines is 2. The number of halogens is 1. The van der Waals surface area contributed by atoms with Crippen LogP contribution in [0.2, 0.25) is 0 Å². The smallest absolute Gasteiger partial charge is 0.337 e. The van der Waals surface area contributed by atoms with E-state index in [0.29, 0.717) is 59.1 Å². The third-order valence-electron chi connectivity index (χ3n) is 8.75. The second kappa shape index (κ2) is 13.6. The molecule has 0 amide bonds. The molecule has 0 aromatic carbocycles. The van der Waals surface area contributed by atoms with Crippen molar-refractivity contribution in [2.45, 2.75) is 25.4 Å². The number of piperazine rings is 1. The maximum Gasteiger partial charge on any atom is 0.337 e. The number of amidine groups is 1. The molecule has 0 spiro atoms. The molecule has 252 valence electrons. The first kappa shape index (κ1) is 32.1. The van der Waals surface area contributed by atoms with E-state index in [1.807, 2.05) is 22.1 Å². The molecule has 4 aromatic rings. The predicted molar refractivity (Wildman–Crippen MR) is 178 cm³/mol. The lowest BCUT2D eigenvalue weighted by atomic mass is 9.99. The average molecular weight is 686 g/mol. The van der Waals surface area contributed by atoms with Gasteiger partial charge in [-0.25, -0.2) is 43.9 Å². The molecule has 49 heavy (non-hydrogen) atoms. The number of carboxylic acids is 1. The fourth-order valence-corrected chi connectivity index (χ4v) is 6.87. The molecule has 4 aromatic heterocycles. The zero-order valence-corrected chi connectivity index (χ0v) is 27.5. The Morgan fingerprint density at radius 2 is 1.84 bits per heavy atom. The number of hydrogen-bond donors (Lipinski definition) is 2. The number of esters is 1. The Bertz CT molecular complexity index is 1940. The van der Waals surface area contributed by atoms with E-state index in [-0.39, 0.29) is 38.0 Å². The van der Waals surface area contributed by atoms with Crippen LogP contribution in [0.1, 0.15) is 29.2 Å². The lowest BCUT2D eigenvalue weighted by Gasteiger charge is -2.41. The largest absolute Gasteiger partial charge is 0.480 e. The predicted octanol–water partition coefficient (Wildman–Crippen LogP) is 2.10. The normalized spacial score (nSPS) is 19.6. The second-order valence-corrected chi connectivity index (χ2v) is 12.5. The third kappa shape index (κ3) is 6.54. The molecule has 3 aliphatic heterocycles. The number of pyridine rings is 1. The number of aromatic nitrogens is 6. The summed E-state index contributed by atoms with van der Waals surface area (Å²) in [6.45, 7) is 3.65. The molecule has 1 saturated heterocycles. The van der Waals surface area contributed by atoms with Gasteiger partial charge in [-0.3, -0.25) is 9.89 Å². The van der Waals surface area contributed by atoms with Gasteiger partial charge in [0.1, 0.15) is 23.5 Å². The van der Waals surface area contributed by atoms with E-state index in [2.05, 4.69) is 30.2 Å². The van der Waals surface area contributed by atoms with Gasteiger partial charge in [-0.15, -0.1) is 11.3 Å². The molecule has 0 radical (unpaired) electrons. The molecule has 1 fully saturated rings. The highest BCUT2D eigenvalue weighted by Crippen LogP contribution is 2.34. The maximum absolute atomic E-state index is 15.3. The number of nitrogens with zero attached hydrogens (tertiary/aromatic N) is 10. The Hall–Kier alpha value is -5.42. The summed E-state index contributed by atoms with van der Waals surface area (Å²) in [6, 6.07) is 3.11. The van der Waals surface area contributed by atoms with Crippen molar-refractivity contribution in [1.29, 1.82) is 0 Å². The second-order valence-electron chi connectivity index (χ2n) is 11.6. The Morgan fingerprint density at radius 3 is 2.57 bits per heavy atom. The van der Waals surface area contributed by atoms with Gasteiger partial charge in [0.25, 0.3) is 0 Å². The lowest BCUT2D eigenvalue weighted by Crippen LogP contribution is -2.57. The van der Waals surface area contributed by atoms with Gasteiger partial charge >= 0.3 is 11.9 Å². The fourth-order valence-electron chi connectivity index (χ4n) is 6.27. The number of carboxylic acid groups (broad SMARTS) is 1. The van der Waals surface area contributed by atoms with Crippen LogP contribution >= 0.6 is 11.3 Å².